The van der Waals surface area contributed by atoms with Gasteiger partial charge in [-0.3, -0.25) is 4.79 Å². The third-order valence-electron chi connectivity index (χ3n) is 3.73. The molecule has 1 amide bonds. The number of hydrogen-bond acceptors (Lipinski definition) is 5. The minimum Gasteiger partial charge on any atom is -0.310 e. The van der Waals surface area contributed by atoms with Crippen molar-refractivity contribution in [3.8, 4) is 16.6 Å². The van der Waals surface area contributed by atoms with Crippen LogP contribution in [0.4, 0.5) is 5.13 Å². The maximum absolute atomic E-state index is 12.3. The predicted octanol–water partition coefficient (Wildman–Crippen LogP) is 2.94. The van der Waals surface area contributed by atoms with Crippen LogP contribution in [0.2, 0.25) is 0 Å². The van der Waals surface area contributed by atoms with Crippen LogP contribution in [0.3, 0.4) is 0 Å². The van der Waals surface area contributed by atoms with Gasteiger partial charge < -0.3 is 10.2 Å². The van der Waals surface area contributed by atoms with Crippen LogP contribution in [0, 0.1) is 17.4 Å². The molecule has 22 heavy (non-hydrogen) atoms. The van der Waals surface area contributed by atoms with Crippen molar-refractivity contribution in [2.75, 3.05) is 18.4 Å². The zero-order valence-electron chi connectivity index (χ0n) is 12.0. The van der Waals surface area contributed by atoms with Crippen LogP contribution < -0.4 is 5.32 Å². The van der Waals surface area contributed by atoms with Crippen molar-refractivity contribution in [2.45, 2.75) is 12.8 Å². The number of carbonyl (C=O) groups excluding carboxylic acids is 1. The molecule has 1 atom stereocenters. The SMILES string of the molecule is N#CN1CCC[C@H](C(=O)Nc2ncc(-c3ccccc3)s2)C1. The van der Waals surface area contributed by atoms with E-state index in [1.165, 1.54) is 11.3 Å². The summed E-state index contributed by atoms with van der Waals surface area (Å²) in [5.41, 5.74) is 1.09. The van der Waals surface area contributed by atoms with Crippen molar-refractivity contribution >= 4 is 22.4 Å². The summed E-state index contributed by atoms with van der Waals surface area (Å²) in [5, 5.41) is 12.4. The molecule has 1 fully saturated rings. The molecule has 0 saturated carbocycles. The minimum atomic E-state index is -0.141. The van der Waals surface area contributed by atoms with Crippen LogP contribution >= 0.6 is 11.3 Å². The quantitative estimate of drug-likeness (QED) is 0.885. The number of thiazole rings is 1. The number of hydrogen-bond donors (Lipinski definition) is 1. The summed E-state index contributed by atoms with van der Waals surface area (Å²) < 4.78 is 0. The van der Waals surface area contributed by atoms with Crippen LogP contribution in [-0.2, 0) is 4.79 Å². The van der Waals surface area contributed by atoms with Crippen molar-refractivity contribution in [3.63, 3.8) is 0 Å². The molecule has 112 valence electrons. The van der Waals surface area contributed by atoms with Crippen molar-refractivity contribution in [1.82, 2.24) is 9.88 Å². The highest BCUT2D eigenvalue weighted by atomic mass is 32.1. The standard InChI is InChI=1S/C16H16N4OS/c17-11-20-8-4-7-13(10-20)15(21)19-16-18-9-14(22-16)12-5-2-1-3-6-12/h1-3,5-6,9,13H,4,7-8,10H2,(H,18,19,21)/t13-/m0/s1. The summed E-state index contributed by atoms with van der Waals surface area (Å²) in [6.07, 6.45) is 5.59. The summed E-state index contributed by atoms with van der Waals surface area (Å²) >= 11 is 1.46. The predicted molar refractivity (Wildman–Crippen MR) is 86.1 cm³/mol. The number of likely N-dealkylation sites (tertiary alicyclic amines) is 1. The highest BCUT2D eigenvalue weighted by molar-refractivity contribution is 7.19. The Morgan fingerprint density at radius 3 is 3.00 bits per heavy atom. The third kappa shape index (κ3) is 3.26. The fourth-order valence-corrected chi connectivity index (χ4v) is 3.38. The fourth-order valence-electron chi connectivity index (χ4n) is 2.56. The number of nitrogens with one attached hydrogen (secondary N) is 1. The molecular weight excluding hydrogens is 296 g/mol. The van der Waals surface area contributed by atoms with Gasteiger partial charge in [-0.1, -0.05) is 41.7 Å². The number of nitriles is 1. The Kier molecular flexibility index (Phi) is 4.35. The van der Waals surface area contributed by atoms with E-state index in [4.69, 9.17) is 5.26 Å². The first-order chi connectivity index (χ1) is 10.8. The molecular formula is C16H16N4OS. The molecule has 0 bridgehead atoms. The van der Waals surface area contributed by atoms with Crippen LogP contribution in [0.5, 0.6) is 0 Å². The lowest BCUT2D eigenvalue weighted by atomic mass is 9.98. The van der Waals surface area contributed by atoms with Gasteiger partial charge in [0.1, 0.15) is 0 Å². The maximum atomic E-state index is 12.3. The number of anilines is 1. The molecule has 2 heterocycles. The van der Waals surface area contributed by atoms with Gasteiger partial charge in [-0.25, -0.2) is 4.98 Å². The van der Waals surface area contributed by atoms with Crippen molar-refractivity contribution in [2.24, 2.45) is 5.92 Å². The van der Waals surface area contributed by atoms with Gasteiger partial charge in [-0.2, -0.15) is 5.26 Å². The Hall–Kier alpha value is -2.39. The molecule has 5 nitrogen and oxygen atoms in total. The molecule has 0 radical (unpaired) electrons. The molecule has 0 aliphatic carbocycles. The van der Waals surface area contributed by atoms with Gasteiger partial charge in [0.15, 0.2) is 11.3 Å². The summed E-state index contributed by atoms with van der Waals surface area (Å²) in [5.74, 6) is -0.189. The molecule has 1 aromatic heterocycles. The van der Waals surface area contributed by atoms with Crippen LogP contribution in [0.1, 0.15) is 12.8 Å². The Morgan fingerprint density at radius 2 is 2.23 bits per heavy atom. The molecule has 1 aromatic carbocycles. The largest absolute Gasteiger partial charge is 0.310 e. The topological polar surface area (TPSA) is 69.0 Å². The van der Waals surface area contributed by atoms with Gasteiger partial charge in [0.25, 0.3) is 0 Å². The summed E-state index contributed by atoms with van der Waals surface area (Å²) in [7, 11) is 0. The molecule has 1 aliphatic rings. The second-order valence-corrected chi connectivity index (χ2v) is 6.30. The molecule has 1 saturated heterocycles. The number of nitrogens with zero attached hydrogens (tertiary/aromatic N) is 3. The van der Waals surface area contributed by atoms with E-state index >= 15 is 0 Å². The zero-order chi connectivity index (χ0) is 15.4. The number of piperidine rings is 1. The zero-order valence-corrected chi connectivity index (χ0v) is 12.8. The van der Waals surface area contributed by atoms with E-state index in [9.17, 15) is 4.79 Å². The maximum Gasteiger partial charge on any atom is 0.231 e. The van der Waals surface area contributed by atoms with E-state index in [0.29, 0.717) is 11.7 Å². The van der Waals surface area contributed by atoms with Crippen LogP contribution in [-0.4, -0.2) is 28.9 Å². The fraction of sp³-hybridized carbons (Fsp3) is 0.312. The number of benzene rings is 1. The molecule has 0 spiro atoms. The summed E-state index contributed by atoms with van der Waals surface area (Å²) in [6.45, 7) is 1.24. The molecule has 0 unspecified atom stereocenters. The number of rotatable bonds is 3. The van der Waals surface area contributed by atoms with Crippen molar-refractivity contribution < 1.29 is 4.79 Å². The van der Waals surface area contributed by atoms with E-state index in [1.807, 2.05) is 30.3 Å². The van der Waals surface area contributed by atoms with E-state index in [2.05, 4.69) is 16.5 Å². The van der Waals surface area contributed by atoms with Gasteiger partial charge in [0.2, 0.25) is 5.91 Å². The van der Waals surface area contributed by atoms with E-state index in [1.54, 1.807) is 11.1 Å². The summed E-state index contributed by atoms with van der Waals surface area (Å²) in [6, 6.07) is 9.96. The molecule has 1 aliphatic heterocycles. The monoisotopic (exact) mass is 312 g/mol. The Balaban J connectivity index is 1.65. The Morgan fingerprint density at radius 1 is 1.41 bits per heavy atom. The molecule has 1 N–H and O–H groups in total. The lowest BCUT2D eigenvalue weighted by Gasteiger charge is -2.27. The smallest absolute Gasteiger partial charge is 0.231 e. The first-order valence-corrected chi connectivity index (χ1v) is 8.04. The minimum absolute atomic E-state index is 0.0473. The molecule has 2 aromatic rings. The van der Waals surface area contributed by atoms with Gasteiger partial charge in [0.05, 0.1) is 10.8 Å². The molecule has 3 rings (SSSR count). The number of carbonyl (C=O) groups is 1. The average Bonchev–Trinajstić information content (AvgIpc) is 3.04. The van der Waals surface area contributed by atoms with E-state index in [-0.39, 0.29) is 11.8 Å². The molecule has 6 heteroatoms. The van der Waals surface area contributed by atoms with Gasteiger partial charge in [-0.15, -0.1) is 0 Å². The van der Waals surface area contributed by atoms with Crippen molar-refractivity contribution in [1.29, 1.82) is 5.26 Å². The highest BCUT2D eigenvalue weighted by Crippen LogP contribution is 2.29. The van der Waals surface area contributed by atoms with Crippen LogP contribution in [0.15, 0.2) is 36.5 Å². The normalized spacial score (nSPS) is 17.8. The first kappa shape index (κ1) is 14.5. The second-order valence-electron chi connectivity index (χ2n) is 5.27. The number of amides is 1. The third-order valence-corrected chi connectivity index (χ3v) is 4.69. The van der Waals surface area contributed by atoms with Gasteiger partial charge in [-0.05, 0) is 18.4 Å². The van der Waals surface area contributed by atoms with Gasteiger partial charge >= 0.3 is 0 Å². The van der Waals surface area contributed by atoms with E-state index in [0.717, 1.165) is 29.8 Å². The Labute approximate surface area is 133 Å². The second kappa shape index (κ2) is 6.58. The lowest BCUT2D eigenvalue weighted by Crippen LogP contribution is -2.38. The highest BCUT2D eigenvalue weighted by Gasteiger charge is 2.25. The lowest BCUT2D eigenvalue weighted by molar-refractivity contribution is -0.121. The summed E-state index contributed by atoms with van der Waals surface area (Å²) in [4.78, 5) is 19.2. The van der Waals surface area contributed by atoms with Gasteiger partial charge in [0, 0.05) is 19.3 Å². The average molecular weight is 312 g/mol. The van der Waals surface area contributed by atoms with E-state index < -0.39 is 0 Å². The van der Waals surface area contributed by atoms with Crippen molar-refractivity contribution in [3.05, 3.63) is 36.5 Å². The Bertz CT molecular complexity index is 692. The van der Waals surface area contributed by atoms with Crippen LogP contribution in [0.25, 0.3) is 10.4 Å². The number of aromatic nitrogens is 1. The first-order valence-electron chi connectivity index (χ1n) is 7.23.